The van der Waals surface area contributed by atoms with Crippen LogP contribution in [0.4, 0.5) is 5.88 Å². The van der Waals surface area contributed by atoms with E-state index in [2.05, 4.69) is 4.84 Å². The molecule has 1 aromatic rings. The van der Waals surface area contributed by atoms with Crippen molar-refractivity contribution in [2.75, 3.05) is 0 Å². The molecule has 0 aliphatic carbocycles. The van der Waals surface area contributed by atoms with E-state index in [-0.39, 0.29) is 5.88 Å². The van der Waals surface area contributed by atoms with E-state index in [4.69, 9.17) is 10.3 Å². The smallest absolute Gasteiger partial charge is 0.403 e. The molecule has 0 aliphatic rings. The van der Waals surface area contributed by atoms with Gasteiger partial charge >= 0.3 is 5.88 Å². The Bertz CT molecular complexity index is 283. The number of nitro groups is 1. The van der Waals surface area contributed by atoms with Crippen LogP contribution in [0.15, 0.2) is 16.5 Å². The van der Waals surface area contributed by atoms with Crippen molar-refractivity contribution >= 4 is 5.88 Å². The van der Waals surface area contributed by atoms with Crippen molar-refractivity contribution in [3.8, 4) is 0 Å². The lowest BCUT2D eigenvalue weighted by Gasteiger charge is -2.01. The zero-order chi connectivity index (χ0) is 9.14. The molecule has 1 unspecified atom stereocenters. The van der Waals surface area contributed by atoms with E-state index < -0.39 is 11.0 Å². The minimum absolute atomic E-state index is 0.311. The summed E-state index contributed by atoms with van der Waals surface area (Å²) in [7, 11) is 0. The Morgan fingerprint density at radius 2 is 2.42 bits per heavy atom. The lowest BCUT2D eigenvalue weighted by molar-refractivity contribution is -0.402. The van der Waals surface area contributed by atoms with Crippen LogP contribution in [0, 0.1) is 10.1 Å². The van der Waals surface area contributed by atoms with Gasteiger partial charge in [0.1, 0.15) is 16.8 Å². The topological polar surface area (TPSA) is 91.5 Å². The Morgan fingerprint density at radius 3 is 2.83 bits per heavy atom. The van der Waals surface area contributed by atoms with Crippen LogP contribution in [0.1, 0.15) is 18.8 Å². The van der Waals surface area contributed by atoms with E-state index in [9.17, 15) is 10.1 Å². The molecule has 1 atom stereocenters. The average molecular weight is 172 g/mol. The molecule has 0 aromatic carbocycles. The molecule has 2 N–H and O–H groups in total. The Balaban J connectivity index is 2.84. The normalized spacial score (nSPS) is 12.8. The molecular formula is C6H8N2O4. The maximum Gasteiger partial charge on any atom is 0.433 e. The van der Waals surface area contributed by atoms with E-state index in [0.717, 1.165) is 0 Å². The van der Waals surface area contributed by atoms with Gasteiger partial charge in [-0.25, -0.2) is 5.90 Å². The van der Waals surface area contributed by atoms with Crippen LogP contribution in [0.3, 0.4) is 0 Å². The zero-order valence-corrected chi connectivity index (χ0v) is 6.39. The Kier molecular flexibility index (Phi) is 2.41. The van der Waals surface area contributed by atoms with Crippen molar-refractivity contribution in [2.24, 2.45) is 5.90 Å². The number of furan rings is 1. The summed E-state index contributed by atoms with van der Waals surface area (Å²) in [5.74, 6) is 4.89. The third-order valence-corrected chi connectivity index (χ3v) is 1.40. The van der Waals surface area contributed by atoms with E-state index >= 15 is 0 Å². The summed E-state index contributed by atoms with van der Waals surface area (Å²) in [4.78, 5) is 14.0. The van der Waals surface area contributed by atoms with Crippen LogP contribution in [0.5, 0.6) is 0 Å². The molecule has 12 heavy (non-hydrogen) atoms. The van der Waals surface area contributed by atoms with Gasteiger partial charge in [-0.1, -0.05) is 0 Å². The van der Waals surface area contributed by atoms with E-state index in [1.165, 1.54) is 12.1 Å². The summed E-state index contributed by atoms with van der Waals surface area (Å²) in [5.41, 5.74) is 0. The Labute approximate surface area is 68.0 Å². The zero-order valence-electron chi connectivity index (χ0n) is 6.39. The van der Waals surface area contributed by atoms with Crippen LogP contribution >= 0.6 is 0 Å². The van der Waals surface area contributed by atoms with Gasteiger partial charge in [0.25, 0.3) is 0 Å². The lowest BCUT2D eigenvalue weighted by atomic mass is 10.3. The van der Waals surface area contributed by atoms with Crippen LogP contribution in [0.2, 0.25) is 0 Å². The second-order valence-electron chi connectivity index (χ2n) is 2.21. The second kappa shape index (κ2) is 3.33. The first-order valence-corrected chi connectivity index (χ1v) is 3.25. The van der Waals surface area contributed by atoms with Gasteiger partial charge in [0.05, 0.1) is 6.07 Å². The molecule has 0 saturated heterocycles. The van der Waals surface area contributed by atoms with Crippen molar-refractivity contribution in [3.63, 3.8) is 0 Å². The molecule has 6 heteroatoms. The van der Waals surface area contributed by atoms with Gasteiger partial charge in [-0.2, -0.15) is 0 Å². The SMILES string of the molecule is CC(ON)c1ccc([N+](=O)[O-])o1. The molecule has 1 rings (SSSR count). The highest BCUT2D eigenvalue weighted by molar-refractivity contribution is 5.18. The lowest BCUT2D eigenvalue weighted by Crippen LogP contribution is -2.03. The quantitative estimate of drug-likeness (QED) is 0.545. The molecule has 0 aliphatic heterocycles. The van der Waals surface area contributed by atoms with Crippen LogP contribution in [-0.2, 0) is 4.84 Å². The number of rotatable bonds is 3. The van der Waals surface area contributed by atoms with Crippen molar-refractivity contribution in [3.05, 3.63) is 28.0 Å². The van der Waals surface area contributed by atoms with Gasteiger partial charge < -0.3 is 4.42 Å². The fourth-order valence-electron chi connectivity index (χ4n) is 0.726. The maximum absolute atomic E-state index is 10.2. The van der Waals surface area contributed by atoms with Gasteiger partial charge in [0.2, 0.25) is 0 Å². The predicted octanol–water partition coefficient (Wildman–Crippen LogP) is 1.14. The fourth-order valence-corrected chi connectivity index (χ4v) is 0.726. The molecule has 0 fully saturated rings. The molecule has 1 aromatic heterocycles. The van der Waals surface area contributed by atoms with Gasteiger partial charge in [-0.3, -0.25) is 15.0 Å². The second-order valence-corrected chi connectivity index (χ2v) is 2.21. The van der Waals surface area contributed by atoms with Crippen molar-refractivity contribution < 1.29 is 14.2 Å². The van der Waals surface area contributed by atoms with Crippen LogP contribution in [-0.4, -0.2) is 4.92 Å². The Hall–Kier alpha value is -1.40. The highest BCUT2D eigenvalue weighted by Crippen LogP contribution is 2.22. The standard InChI is InChI=1S/C6H8N2O4/c1-4(12-7)5-2-3-6(11-5)8(9)10/h2-4H,7H2,1H3. The number of nitrogens with two attached hydrogens (primary N) is 1. The van der Waals surface area contributed by atoms with Gasteiger partial charge in [-0.15, -0.1) is 0 Å². The van der Waals surface area contributed by atoms with Gasteiger partial charge in [-0.05, 0) is 13.0 Å². The molecule has 0 spiro atoms. The highest BCUT2D eigenvalue weighted by Gasteiger charge is 2.15. The summed E-state index contributed by atoms with van der Waals surface area (Å²) in [5, 5.41) is 10.2. The van der Waals surface area contributed by atoms with E-state index in [0.29, 0.717) is 5.76 Å². The summed E-state index contributed by atoms with van der Waals surface area (Å²) in [6.45, 7) is 1.63. The summed E-state index contributed by atoms with van der Waals surface area (Å²) < 4.78 is 4.79. The first-order chi connectivity index (χ1) is 5.65. The Morgan fingerprint density at radius 1 is 1.75 bits per heavy atom. The van der Waals surface area contributed by atoms with Crippen molar-refractivity contribution in [2.45, 2.75) is 13.0 Å². The molecule has 0 amide bonds. The minimum atomic E-state index is -0.618. The fraction of sp³-hybridized carbons (Fsp3) is 0.333. The summed E-state index contributed by atoms with van der Waals surface area (Å²) in [6.07, 6.45) is -0.473. The van der Waals surface area contributed by atoms with Crippen molar-refractivity contribution in [1.29, 1.82) is 0 Å². The highest BCUT2D eigenvalue weighted by atomic mass is 16.7. The molecule has 66 valence electrons. The summed E-state index contributed by atoms with van der Waals surface area (Å²) in [6, 6.07) is 2.71. The number of hydrogen-bond donors (Lipinski definition) is 1. The molecule has 0 radical (unpaired) electrons. The average Bonchev–Trinajstić information content (AvgIpc) is 2.51. The third-order valence-electron chi connectivity index (χ3n) is 1.40. The number of nitrogens with zero attached hydrogens (tertiary/aromatic N) is 1. The summed E-state index contributed by atoms with van der Waals surface area (Å²) >= 11 is 0. The first-order valence-electron chi connectivity index (χ1n) is 3.25. The largest absolute Gasteiger partial charge is 0.433 e. The molecule has 0 saturated carbocycles. The minimum Gasteiger partial charge on any atom is -0.403 e. The van der Waals surface area contributed by atoms with Crippen molar-refractivity contribution in [1.82, 2.24) is 0 Å². The predicted molar refractivity (Wildman–Crippen MR) is 39.0 cm³/mol. The van der Waals surface area contributed by atoms with Gasteiger partial charge in [0, 0.05) is 0 Å². The molecular weight excluding hydrogens is 164 g/mol. The van der Waals surface area contributed by atoms with E-state index in [1.807, 2.05) is 0 Å². The van der Waals surface area contributed by atoms with Gasteiger partial charge in [0.15, 0.2) is 0 Å². The maximum atomic E-state index is 10.2. The third kappa shape index (κ3) is 1.60. The van der Waals surface area contributed by atoms with E-state index in [1.54, 1.807) is 6.92 Å². The monoisotopic (exact) mass is 172 g/mol. The molecule has 6 nitrogen and oxygen atoms in total. The molecule has 1 heterocycles. The molecule has 0 bridgehead atoms. The van der Waals surface area contributed by atoms with Crippen LogP contribution < -0.4 is 5.90 Å². The first kappa shape index (κ1) is 8.69. The number of hydrogen-bond acceptors (Lipinski definition) is 5. The van der Waals surface area contributed by atoms with Crippen LogP contribution in [0.25, 0.3) is 0 Å².